The van der Waals surface area contributed by atoms with Crippen LogP contribution in [-0.4, -0.2) is 4.98 Å². The summed E-state index contributed by atoms with van der Waals surface area (Å²) in [5, 5.41) is 0. The van der Waals surface area contributed by atoms with Crippen molar-refractivity contribution >= 4 is 21.6 Å². The molecule has 2 heterocycles. The fourth-order valence-electron chi connectivity index (χ4n) is 1.15. The van der Waals surface area contributed by atoms with Gasteiger partial charge in [-0.15, -0.1) is 11.3 Å². The molecule has 0 saturated carbocycles. The minimum absolute atomic E-state index is 1.09. The minimum Gasteiger partial charge on any atom is -0.252 e. The van der Waals surface area contributed by atoms with Crippen molar-refractivity contribution in [1.82, 2.24) is 4.98 Å². The molecular formula is C9H9NS. The van der Waals surface area contributed by atoms with Crippen molar-refractivity contribution in [2.45, 2.75) is 13.8 Å². The van der Waals surface area contributed by atoms with Crippen LogP contribution in [0.15, 0.2) is 18.2 Å². The van der Waals surface area contributed by atoms with Gasteiger partial charge in [0.1, 0.15) is 0 Å². The zero-order valence-electron chi connectivity index (χ0n) is 6.59. The summed E-state index contributed by atoms with van der Waals surface area (Å²) in [6, 6.07) is 6.32. The highest BCUT2D eigenvalue weighted by molar-refractivity contribution is 7.18. The molecule has 2 heteroatoms. The fraction of sp³-hybridized carbons (Fsp3) is 0.222. The van der Waals surface area contributed by atoms with Crippen molar-refractivity contribution in [3.05, 3.63) is 28.8 Å². The van der Waals surface area contributed by atoms with E-state index in [2.05, 4.69) is 30.1 Å². The second-order valence-corrected chi connectivity index (χ2v) is 3.98. The average Bonchev–Trinajstić information content (AvgIpc) is 2.27. The molecule has 11 heavy (non-hydrogen) atoms. The van der Waals surface area contributed by atoms with Crippen LogP contribution in [0.3, 0.4) is 0 Å². The van der Waals surface area contributed by atoms with Gasteiger partial charge >= 0.3 is 0 Å². The first-order chi connectivity index (χ1) is 5.25. The molecule has 0 aliphatic carbocycles. The maximum atomic E-state index is 4.41. The number of aromatic nitrogens is 1. The molecule has 56 valence electrons. The van der Waals surface area contributed by atoms with Gasteiger partial charge in [0.05, 0.1) is 10.2 Å². The van der Waals surface area contributed by atoms with Gasteiger partial charge in [0.25, 0.3) is 0 Å². The Hall–Kier alpha value is -0.890. The van der Waals surface area contributed by atoms with Crippen LogP contribution in [0.4, 0.5) is 0 Å². The third-order valence-electron chi connectivity index (χ3n) is 1.64. The van der Waals surface area contributed by atoms with E-state index < -0.39 is 0 Å². The monoisotopic (exact) mass is 163 g/mol. The van der Waals surface area contributed by atoms with Crippen LogP contribution in [0.1, 0.15) is 10.6 Å². The van der Waals surface area contributed by atoms with Crippen LogP contribution in [0.25, 0.3) is 10.2 Å². The topological polar surface area (TPSA) is 12.9 Å². The van der Waals surface area contributed by atoms with Gasteiger partial charge in [-0.2, -0.15) is 0 Å². The maximum absolute atomic E-state index is 4.41. The van der Waals surface area contributed by atoms with Crippen LogP contribution in [-0.2, 0) is 0 Å². The van der Waals surface area contributed by atoms with E-state index in [1.165, 1.54) is 9.58 Å². The molecule has 0 saturated heterocycles. The third-order valence-corrected chi connectivity index (χ3v) is 2.64. The molecule has 0 amide bonds. The number of aryl methyl sites for hydroxylation is 2. The van der Waals surface area contributed by atoms with Crippen molar-refractivity contribution in [2.24, 2.45) is 0 Å². The van der Waals surface area contributed by atoms with Crippen molar-refractivity contribution in [3.63, 3.8) is 0 Å². The van der Waals surface area contributed by atoms with Gasteiger partial charge in [-0.05, 0) is 32.0 Å². The smallest absolute Gasteiger partial charge is 0.0815 e. The molecule has 0 atom stereocenters. The van der Waals surface area contributed by atoms with Gasteiger partial charge in [0.2, 0.25) is 0 Å². The Morgan fingerprint density at radius 3 is 2.91 bits per heavy atom. The lowest BCUT2D eigenvalue weighted by atomic mass is 10.3. The average molecular weight is 163 g/mol. The highest BCUT2D eigenvalue weighted by atomic mass is 32.1. The number of pyridine rings is 1. The summed E-state index contributed by atoms with van der Waals surface area (Å²) in [4.78, 5) is 5.74. The quantitative estimate of drug-likeness (QED) is 0.582. The Balaban J connectivity index is 2.82. The van der Waals surface area contributed by atoms with Crippen LogP contribution in [0.5, 0.6) is 0 Å². The number of thiophene rings is 1. The molecule has 0 unspecified atom stereocenters. The molecule has 0 aliphatic heterocycles. The third kappa shape index (κ3) is 1.14. The van der Waals surface area contributed by atoms with Crippen LogP contribution in [0, 0.1) is 13.8 Å². The van der Waals surface area contributed by atoms with Gasteiger partial charge in [0.15, 0.2) is 0 Å². The van der Waals surface area contributed by atoms with Crippen molar-refractivity contribution in [3.8, 4) is 0 Å². The molecule has 0 spiro atoms. The van der Waals surface area contributed by atoms with Gasteiger partial charge in [-0.25, -0.2) is 0 Å². The highest BCUT2D eigenvalue weighted by Crippen LogP contribution is 2.22. The Labute approximate surface area is 69.7 Å². The summed E-state index contributed by atoms with van der Waals surface area (Å²) in [5.41, 5.74) is 2.22. The van der Waals surface area contributed by atoms with E-state index in [4.69, 9.17) is 0 Å². The van der Waals surface area contributed by atoms with E-state index in [-0.39, 0.29) is 0 Å². The van der Waals surface area contributed by atoms with E-state index in [1.54, 1.807) is 11.3 Å². The van der Waals surface area contributed by atoms with Crippen molar-refractivity contribution in [2.75, 3.05) is 0 Å². The molecule has 0 radical (unpaired) electrons. The summed E-state index contributed by atoms with van der Waals surface area (Å²) >= 11 is 1.80. The number of rotatable bonds is 0. The Kier molecular flexibility index (Phi) is 1.43. The molecule has 2 rings (SSSR count). The molecule has 0 aromatic carbocycles. The number of fused-ring (bicyclic) bond motifs is 1. The number of nitrogens with zero attached hydrogens (tertiary/aromatic N) is 1. The van der Waals surface area contributed by atoms with Gasteiger partial charge in [-0.3, -0.25) is 4.98 Å². The summed E-state index contributed by atoms with van der Waals surface area (Å²) in [7, 11) is 0. The first-order valence-corrected chi connectivity index (χ1v) is 4.41. The van der Waals surface area contributed by atoms with E-state index >= 15 is 0 Å². The van der Waals surface area contributed by atoms with Crippen LogP contribution < -0.4 is 0 Å². The van der Waals surface area contributed by atoms with Gasteiger partial charge < -0.3 is 0 Å². The zero-order valence-corrected chi connectivity index (χ0v) is 7.40. The normalized spacial score (nSPS) is 10.7. The summed E-state index contributed by atoms with van der Waals surface area (Å²) in [5.74, 6) is 0. The molecule has 0 aliphatic rings. The first-order valence-electron chi connectivity index (χ1n) is 3.59. The zero-order chi connectivity index (χ0) is 7.84. The maximum Gasteiger partial charge on any atom is 0.0815 e. The summed E-state index contributed by atoms with van der Waals surface area (Å²) in [6.45, 7) is 4.13. The van der Waals surface area contributed by atoms with Gasteiger partial charge in [-0.1, -0.05) is 0 Å². The molecule has 1 nitrogen and oxygen atoms in total. The van der Waals surface area contributed by atoms with Gasteiger partial charge in [0, 0.05) is 10.6 Å². The van der Waals surface area contributed by atoms with Crippen LogP contribution >= 0.6 is 11.3 Å². The van der Waals surface area contributed by atoms with E-state index in [1.807, 2.05) is 6.92 Å². The fourth-order valence-corrected chi connectivity index (χ4v) is 2.01. The standard InChI is InChI=1S/C9H9NS/c1-6-3-4-9-8(10-6)5-7(2)11-9/h3-5H,1-2H3. The lowest BCUT2D eigenvalue weighted by molar-refractivity contribution is 1.26. The Morgan fingerprint density at radius 1 is 1.27 bits per heavy atom. The lowest BCUT2D eigenvalue weighted by Gasteiger charge is -1.89. The predicted octanol–water partition coefficient (Wildman–Crippen LogP) is 2.91. The minimum atomic E-state index is 1.09. The SMILES string of the molecule is Cc1ccc2sc(C)cc2n1. The summed E-state index contributed by atoms with van der Waals surface area (Å²) in [6.07, 6.45) is 0. The van der Waals surface area contributed by atoms with E-state index in [0.29, 0.717) is 0 Å². The molecule has 0 bridgehead atoms. The second kappa shape index (κ2) is 2.31. The molecule has 0 fully saturated rings. The first kappa shape index (κ1) is 6.80. The highest BCUT2D eigenvalue weighted by Gasteiger charge is 1.97. The Morgan fingerprint density at radius 2 is 2.09 bits per heavy atom. The van der Waals surface area contributed by atoms with E-state index in [0.717, 1.165) is 11.2 Å². The molecule has 0 N–H and O–H groups in total. The predicted molar refractivity (Wildman–Crippen MR) is 49.1 cm³/mol. The second-order valence-electron chi connectivity index (χ2n) is 2.69. The number of hydrogen-bond acceptors (Lipinski definition) is 2. The molecular weight excluding hydrogens is 154 g/mol. The molecule has 2 aromatic rings. The van der Waals surface area contributed by atoms with E-state index in [9.17, 15) is 0 Å². The Bertz CT molecular complexity index is 389. The van der Waals surface area contributed by atoms with Crippen LogP contribution in [0.2, 0.25) is 0 Å². The molecule has 2 aromatic heterocycles. The lowest BCUT2D eigenvalue weighted by Crippen LogP contribution is -1.76. The largest absolute Gasteiger partial charge is 0.252 e. The number of hydrogen-bond donors (Lipinski definition) is 0. The van der Waals surface area contributed by atoms with Crippen molar-refractivity contribution in [1.29, 1.82) is 0 Å². The summed E-state index contributed by atoms with van der Waals surface area (Å²) < 4.78 is 1.29. The van der Waals surface area contributed by atoms with Crippen molar-refractivity contribution < 1.29 is 0 Å².